The van der Waals surface area contributed by atoms with Crippen LogP contribution in [0.3, 0.4) is 0 Å². The maximum Gasteiger partial charge on any atom is 0.303 e. The number of hydrogen-bond donors (Lipinski definition) is 2. The summed E-state index contributed by atoms with van der Waals surface area (Å²) in [6.45, 7) is -0.226. The van der Waals surface area contributed by atoms with Crippen molar-refractivity contribution in [1.82, 2.24) is 5.32 Å². The molecule has 2 N–H and O–H groups in total. The van der Waals surface area contributed by atoms with Gasteiger partial charge in [-0.1, -0.05) is 0 Å². The summed E-state index contributed by atoms with van der Waals surface area (Å²) in [7, 11) is 0. The number of ether oxygens (including phenoxy) is 1. The Kier molecular flexibility index (Phi) is 5.72. The van der Waals surface area contributed by atoms with Crippen molar-refractivity contribution >= 4 is 11.9 Å². The molecule has 1 aromatic carbocycles. The van der Waals surface area contributed by atoms with Gasteiger partial charge in [-0.05, 0) is 18.6 Å². The Morgan fingerprint density at radius 2 is 2.05 bits per heavy atom. The van der Waals surface area contributed by atoms with Crippen LogP contribution in [0.15, 0.2) is 18.2 Å². The number of carbonyl (C=O) groups is 2. The second kappa shape index (κ2) is 7.30. The minimum atomic E-state index is -0.945. The second-order valence-electron chi connectivity index (χ2n) is 3.71. The van der Waals surface area contributed by atoms with Gasteiger partial charge in [-0.3, -0.25) is 9.59 Å². The molecular weight excluding hydrogens is 260 g/mol. The zero-order chi connectivity index (χ0) is 14.3. The molecule has 0 saturated heterocycles. The first-order chi connectivity index (χ1) is 8.99. The van der Waals surface area contributed by atoms with Crippen LogP contribution in [-0.2, 0) is 9.59 Å². The van der Waals surface area contributed by atoms with Crippen LogP contribution in [-0.4, -0.2) is 30.1 Å². The first kappa shape index (κ1) is 14.9. The van der Waals surface area contributed by atoms with E-state index in [9.17, 15) is 18.4 Å². The minimum absolute atomic E-state index is 0.0479. The molecule has 0 atom stereocenters. The first-order valence-electron chi connectivity index (χ1n) is 5.55. The number of hydrogen-bond acceptors (Lipinski definition) is 3. The molecule has 0 aliphatic carbocycles. The van der Waals surface area contributed by atoms with Crippen molar-refractivity contribution in [3.63, 3.8) is 0 Å². The molecular formula is C12H13F2NO4. The van der Waals surface area contributed by atoms with Gasteiger partial charge in [0.05, 0.1) is 0 Å². The van der Waals surface area contributed by atoms with Crippen molar-refractivity contribution in [2.75, 3.05) is 13.2 Å². The smallest absolute Gasteiger partial charge is 0.303 e. The van der Waals surface area contributed by atoms with Crippen molar-refractivity contribution in [2.45, 2.75) is 12.8 Å². The highest BCUT2D eigenvalue weighted by molar-refractivity contribution is 5.77. The van der Waals surface area contributed by atoms with Crippen molar-refractivity contribution < 1.29 is 28.2 Å². The molecule has 1 aromatic rings. The van der Waals surface area contributed by atoms with E-state index < -0.39 is 30.1 Å². The Labute approximate surface area is 108 Å². The fourth-order valence-electron chi connectivity index (χ4n) is 1.25. The number of carbonyl (C=O) groups excluding carboxylic acids is 1. The zero-order valence-electron chi connectivity index (χ0n) is 9.99. The Morgan fingerprint density at radius 1 is 1.32 bits per heavy atom. The van der Waals surface area contributed by atoms with Crippen LogP contribution < -0.4 is 10.1 Å². The van der Waals surface area contributed by atoms with Gasteiger partial charge in [0.2, 0.25) is 0 Å². The predicted octanol–water partition coefficient (Wildman–Crippen LogP) is 1.32. The van der Waals surface area contributed by atoms with Crippen LogP contribution in [0.5, 0.6) is 5.75 Å². The number of amides is 1. The van der Waals surface area contributed by atoms with E-state index in [2.05, 4.69) is 5.32 Å². The third-order valence-electron chi connectivity index (χ3n) is 2.14. The van der Waals surface area contributed by atoms with Crippen LogP contribution >= 0.6 is 0 Å². The molecule has 0 unspecified atom stereocenters. The number of carboxylic acids is 1. The normalized spacial score (nSPS) is 10.0. The topological polar surface area (TPSA) is 75.6 Å². The van der Waals surface area contributed by atoms with Crippen molar-refractivity contribution in [3.05, 3.63) is 29.8 Å². The van der Waals surface area contributed by atoms with Gasteiger partial charge < -0.3 is 15.2 Å². The largest absolute Gasteiger partial charge is 0.481 e. The van der Waals surface area contributed by atoms with Gasteiger partial charge in [-0.15, -0.1) is 0 Å². The molecule has 0 aliphatic heterocycles. The predicted molar refractivity (Wildman–Crippen MR) is 61.7 cm³/mol. The van der Waals surface area contributed by atoms with E-state index in [0.717, 1.165) is 12.1 Å². The summed E-state index contributed by atoms with van der Waals surface area (Å²) in [5.74, 6) is -3.29. The number of benzene rings is 1. The highest BCUT2D eigenvalue weighted by atomic mass is 19.1. The SMILES string of the molecule is O=C(O)CCCNC(=O)COc1ccc(F)cc1F. The number of carboxylic acid groups (broad SMARTS) is 1. The molecule has 1 rings (SSSR count). The van der Waals surface area contributed by atoms with Gasteiger partial charge >= 0.3 is 5.97 Å². The summed E-state index contributed by atoms with van der Waals surface area (Å²) in [6, 6.07) is 2.76. The van der Waals surface area contributed by atoms with E-state index in [0.29, 0.717) is 12.5 Å². The Bertz CT molecular complexity index is 465. The van der Waals surface area contributed by atoms with Gasteiger partial charge in [-0.2, -0.15) is 0 Å². The van der Waals surface area contributed by atoms with Gasteiger partial charge in [0.15, 0.2) is 18.2 Å². The molecule has 0 radical (unpaired) electrons. The maximum atomic E-state index is 13.1. The number of rotatable bonds is 7. The lowest BCUT2D eigenvalue weighted by atomic mass is 10.3. The fourth-order valence-corrected chi connectivity index (χ4v) is 1.25. The molecule has 1 amide bonds. The molecule has 0 heterocycles. The molecule has 5 nitrogen and oxygen atoms in total. The van der Waals surface area contributed by atoms with Crippen LogP contribution in [0.2, 0.25) is 0 Å². The zero-order valence-corrected chi connectivity index (χ0v) is 9.99. The Balaban J connectivity index is 2.28. The molecule has 0 fully saturated rings. The monoisotopic (exact) mass is 273 g/mol. The van der Waals surface area contributed by atoms with Crippen LogP contribution in [0.1, 0.15) is 12.8 Å². The van der Waals surface area contributed by atoms with E-state index in [1.54, 1.807) is 0 Å². The lowest BCUT2D eigenvalue weighted by Gasteiger charge is -2.07. The van der Waals surface area contributed by atoms with Crippen molar-refractivity contribution in [1.29, 1.82) is 0 Å². The van der Waals surface area contributed by atoms with Gasteiger partial charge in [0.25, 0.3) is 5.91 Å². The summed E-state index contributed by atoms with van der Waals surface area (Å²) in [6.07, 6.45) is 0.250. The molecule has 0 spiro atoms. The quantitative estimate of drug-likeness (QED) is 0.735. The summed E-state index contributed by atoms with van der Waals surface area (Å²) < 4.78 is 30.6. The summed E-state index contributed by atoms with van der Waals surface area (Å²) in [5, 5.41) is 10.8. The highest BCUT2D eigenvalue weighted by Gasteiger charge is 2.07. The van der Waals surface area contributed by atoms with E-state index in [-0.39, 0.29) is 18.7 Å². The van der Waals surface area contributed by atoms with Crippen LogP contribution in [0.25, 0.3) is 0 Å². The summed E-state index contributed by atoms with van der Waals surface area (Å²) in [5.41, 5.74) is 0. The lowest BCUT2D eigenvalue weighted by Crippen LogP contribution is -2.30. The van der Waals surface area contributed by atoms with E-state index in [1.807, 2.05) is 0 Å². The van der Waals surface area contributed by atoms with Gasteiger partial charge in [0.1, 0.15) is 5.82 Å². The maximum absolute atomic E-state index is 13.1. The Hall–Kier alpha value is -2.18. The first-order valence-corrected chi connectivity index (χ1v) is 5.55. The number of aliphatic carboxylic acids is 1. The van der Waals surface area contributed by atoms with Gasteiger partial charge in [-0.25, -0.2) is 8.78 Å². The molecule has 7 heteroatoms. The third kappa shape index (κ3) is 5.80. The highest BCUT2D eigenvalue weighted by Crippen LogP contribution is 2.17. The summed E-state index contributed by atoms with van der Waals surface area (Å²) in [4.78, 5) is 21.5. The molecule has 0 bridgehead atoms. The molecule has 0 aromatic heterocycles. The van der Waals surface area contributed by atoms with Crippen molar-refractivity contribution in [2.24, 2.45) is 0 Å². The van der Waals surface area contributed by atoms with E-state index in [4.69, 9.17) is 9.84 Å². The van der Waals surface area contributed by atoms with E-state index in [1.165, 1.54) is 0 Å². The number of nitrogens with one attached hydrogen (secondary N) is 1. The average molecular weight is 273 g/mol. The lowest BCUT2D eigenvalue weighted by molar-refractivity contribution is -0.137. The number of halogens is 2. The van der Waals surface area contributed by atoms with Crippen molar-refractivity contribution in [3.8, 4) is 5.75 Å². The summed E-state index contributed by atoms with van der Waals surface area (Å²) >= 11 is 0. The standard InChI is InChI=1S/C12H13F2NO4/c13-8-3-4-10(9(14)6-8)19-7-11(16)15-5-1-2-12(17)18/h3-4,6H,1-2,5,7H2,(H,15,16)(H,17,18). The Morgan fingerprint density at radius 3 is 2.68 bits per heavy atom. The fraction of sp³-hybridized carbons (Fsp3) is 0.333. The molecule has 104 valence electrons. The third-order valence-corrected chi connectivity index (χ3v) is 2.14. The van der Waals surface area contributed by atoms with Crippen LogP contribution in [0, 0.1) is 11.6 Å². The minimum Gasteiger partial charge on any atom is -0.481 e. The molecule has 0 saturated carbocycles. The van der Waals surface area contributed by atoms with Crippen LogP contribution in [0.4, 0.5) is 8.78 Å². The molecule has 19 heavy (non-hydrogen) atoms. The molecule has 0 aliphatic rings. The van der Waals surface area contributed by atoms with E-state index >= 15 is 0 Å². The second-order valence-corrected chi connectivity index (χ2v) is 3.71. The average Bonchev–Trinajstić information content (AvgIpc) is 2.33. The van der Waals surface area contributed by atoms with Gasteiger partial charge in [0, 0.05) is 19.0 Å².